The van der Waals surface area contributed by atoms with E-state index in [9.17, 15) is 0 Å². The van der Waals surface area contributed by atoms with Gasteiger partial charge in [0.15, 0.2) is 0 Å². The lowest BCUT2D eigenvalue weighted by atomic mass is 9.84. The normalized spacial score (nSPS) is 12.3. The van der Waals surface area contributed by atoms with E-state index in [4.69, 9.17) is 13.3 Å². The fraction of sp³-hybridized carbons (Fsp3) is 0. The lowest BCUT2D eigenvalue weighted by Gasteiger charge is -2.18. The zero-order valence-electron chi connectivity index (χ0n) is 25.1. The molecule has 3 aromatic heterocycles. The monoisotopic (exact) mass is 600 g/mol. The van der Waals surface area contributed by atoms with Crippen LogP contribution in [0.4, 0.5) is 0 Å². The van der Waals surface area contributed by atoms with Gasteiger partial charge in [0, 0.05) is 26.9 Å². The smallest absolute Gasteiger partial charge is 0.147 e. The maximum atomic E-state index is 6.71. The van der Waals surface area contributed by atoms with Crippen LogP contribution >= 0.6 is 0 Å². The van der Waals surface area contributed by atoms with Crippen LogP contribution in [0.25, 0.3) is 110 Å². The molecule has 0 spiro atoms. The summed E-state index contributed by atoms with van der Waals surface area (Å²) in [5.74, 6) is 0. The summed E-state index contributed by atoms with van der Waals surface area (Å²) in [7, 11) is 0. The fourth-order valence-electron chi connectivity index (χ4n) is 7.90. The first-order chi connectivity index (χ1) is 23.3. The molecular formula is C44H24O3. The van der Waals surface area contributed by atoms with E-state index < -0.39 is 0 Å². The Morgan fingerprint density at radius 3 is 1.43 bits per heavy atom. The first-order valence-corrected chi connectivity index (χ1v) is 15.9. The highest BCUT2D eigenvalue weighted by atomic mass is 16.3. The van der Waals surface area contributed by atoms with Crippen LogP contribution in [0.3, 0.4) is 0 Å². The van der Waals surface area contributed by atoms with E-state index in [1.165, 1.54) is 32.7 Å². The zero-order chi connectivity index (χ0) is 30.6. The second-order valence-electron chi connectivity index (χ2n) is 12.3. The van der Waals surface area contributed by atoms with Crippen LogP contribution in [0.15, 0.2) is 159 Å². The first kappa shape index (κ1) is 24.9. The molecule has 47 heavy (non-hydrogen) atoms. The molecule has 0 fully saturated rings. The predicted octanol–water partition coefficient (Wildman–Crippen LogP) is 13.0. The number of furan rings is 3. The number of fused-ring (bicyclic) bond motifs is 12. The zero-order valence-corrected chi connectivity index (χ0v) is 25.1. The average Bonchev–Trinajstić information content (AvgIpc) is 3.81. The molecule has 0 saturated carbocycles. The third-order valence-electron chi connectivity index (χ3n) is 9.86. The Balaban J connectivity index is 1.31. The van der Waals surface area contributed by atoms with Gasteiger partial charge in [-0.05, 0) is 80.2 Å². The van der Waals surface area contributed by atoms with Crippen LogP contribution in [0.2, 0.25) is 0 Å². The van der Waals surface area contributed by atoms with Gasteiger partial charge in [-0.15, -0.1) is 0 Å². The van der Waals surface area contributed by atoms with Crippen molar-refractivity contribution in [3.05, 3.63) is 146 Å². The summed E-state index contributed by atoms with van der Waals surface area (Å²) in [4.78, 5) is 0. The summed E-state index contributed by atoms with van der Waals surface area (Å²) in [5.41, 5.74) is 9.86. The summed E-state index contributed by atoms with van der Waals surface area (Å²) >= 11 is 0. The SMILES string of the molecule is c1ccc2c(c1)oc1ccc(-c3c4ccccc4c(-c4cc5oc6ccccc6c5c5oc6ccccc6c45)c4ccccc34)cc12. The number of benzene rings is 8. The maximum Gasteiger partial charge on any atom is 0.147 e. The molecule has 11 aromatic rings. The molecule has 3 heterocycles. The summed E-state index contributed by atoms with van der Waals surface area (Å²) in [6.07, 6.45) is 0. The Hall–Kier alpha value is -6.32. The summed E-state index contributed by atoms with van der Waals surface area (Å²) in [5, 5.41) is 11.3. The molecule has 218 valence electrons. The molecule has 3 nitrogen and oxygen atoms in total. The largest absolute Gasteiger partial charge is 0.456 e. The standard InChI is InChI=1S/C44H24O3/c1-3-14-29-27(12-1)40(25-21-22-38-33(23-25)26-11-5-8-18-35(26)45-38)28-13-2-4-15-30(28)41(29)34-24-39-43(32-17-7-9-19-36(32)46-39)44-42(34)31-16-6-10-20-37(31)47-44/h1-24H. The lowest BCUT2D eigenvalue weighted by molar-refractivity contribution is 0.663. The molecule has 0 saturated heterocycles. The molecule has 0 aliphatic carbocycles. The molecule has 0 amide bonds. The Kier molecular flexibility index (Phi) is 4.84. The molecule has 0 aliphatic rings. The van der Waals surface area contributed by atoms with Crippen molar-refractivity contribution in [3.8, 4) is 22.3 Å². The van der Waals surface area contributed by atoms with Crippen molar-refractivity contribution in [2.75, 3.05) is 0 Å². The van der Waals surface area contributed by atoms with E-state index in [1.54, 1.807) is 0 Å². The second-order valence-corrected chi connectivity index (χ2v) is 12.3. The van der Waals surface area contributed by atoms with Gasteiger partial charge < -0.3 is 13.3 Å². The van der Waals surface area contributed by atoms with Crippen molar-refractivity contribution < 1.29 is 13.3 Å². The number of hydrogen-bond donors (Lipinski definition) is 0. The molecule has 0 radical (unpaired) electrons. The van der Waals surface area contributed by atoms with E-state index in [0.717, 1.165) is 76.9 Å². The second kappa shape index (κ2) is 9.12. The van der Waals surface area contributed by atoms with Gasteiger partial charge in [-0.2, -0.15) is 0 Å². The third kappa shape index (κ3) is 3.35. The Morgan fingerprint density at radius 1 is 0.298 bits per heavy atom. The predicted molar refractivity (Wildman–Crippen MR) is 194 cm³/mol. The quantitative estimate of drug-likeness (QED) is 0.185. The molecule has 8 aromatic carbocycles. The van der Waals surface area contributed by atoms with Crippen LogP contribution in [-0.2, 0) is 0 Å². The molecule has 11 rings (SSSR count). The molecule has 3 heteroatoms. The van der Waals surface area contributed by atoms with Crippen molar-refractivity contribution >= 4 is 87.4 Å². The molecule has 0 bridgehead atoms. The van der Waals surface area contributed by atoms with Crippen LogP contribution in [0, 0.1) is 0 Å². The minimum absolute atomic E-state index is 0.822. The number of para-hydroxylation sites is 3. The lowest BCUT2D eigenvalue weighted by Crippen LogP contribution is -1.91. The number of rotatable bonds is 2. The van der Waals surface area contributed by atoms with Crippen molar-refractivity contribution in [2.24, 2.45) is 0 Å². The average molecular weight is 601 g/mol. The van der Waals surface area contributed by atoms with Gasteiger partial charge >= 0.3 is 0 Å². The van der Waals surface area contributed by atoms with E-state index >= 15 is 0 Å². The van der Waals surface area contributed by atoms with Gasteiger partial charge in [0.05, 0.1) is 5.39 Å². The van der Waals surface area contributed by atoms with E-state index in [-0.39, 0.29) is 0 Å². The van der Waals surface area contributed by atoms with Crippen molar-refractivity contribution in [2.45, 2.75) is 0 Å². The highest BCUT2D eigenvalue weighted by Crippen LogP contribution is 2.50. The summed E-state index contributed by atoms with van der Waals surface area (Å²) in [6, 6.07) is 51.2. The highest BCUT2D eigenvalue weighted by Gasteiger charge is 2.24. The molecule has 0 N–H and O–H groups in total. The molecule has 0 atom stereocenters. The van der Waals surface area contributed by atoms with Gasteiger partial charge in [-0.25, -0.2) is 0 Å². The fourth-order valence-corrected chi connectivity index (χ4v) is 7.90. The molecule has 0 unspecified atom stereocenters. The van der Waals surface area contributed by atoms with E-state index in [1.807, 2.05) is 30.3 Å². The third-order valence-corrected chi connectivity index (χ3v) is 9.86. The van der Waals surface area contributed by atoms with E-state index in [0.29, 0.717) is 0 Å². The van der Waals surface area contributed by atoms with Gasteiger partial charge in [0.2, 0.25) is 0 Å². The Bertz CT molecular complexity index is 3020. The Labute approximate surface area is 267 Å². The number of hydrogen-bond acceptors (Lipinski definition) is 3. The van der Waals surface area contributed by atoms with Crippen LogP contribution in [0.1, 0.15) is 0 Å². The Morgan fingerprint density at radius 2 is 0.766 bits per heavy atom. The minimum atomic E-state index is 0.822. The molecule has 0 aliphatic heterocycles. The van der Waals surface area contributed by atoms with Gasteiger partial charge in [-0.1, -0.05) is 109 Å². The van der Waals surface area contributed by atoms with Crippen molar-refractivity contribution in [1.82, 2.24) is 0 Å². The first-order valence-electron chi connectivity index (χ1n) is 15.9. The maximum absolute atomic E-state index is 6.71. The van der Waals surface area contributed by atoms with E-state index in [2.05, 4.69) is 115 Å². The highest BCUT2D eigenvalue weighted by molar-refractivity contribution is 6.31. The van der Waals surface area contributed by atoms with Gasteiger partial charge in [0.1, 0.15) is 33.5 Å². The minimum Gasteiger partial charge on any atom is -0.456 e. The van der Waals surface area contributed by atoms with Crippen molar-refractivity contribution in [3.63, 3.8) is 0 Å². The van der Waals surface area contributed by atoms with Crippen LogP contribution in [-0.4, -0.2) is 0 Å². The van der Waals surface area contributed by atoms with Crippen molar-refractivity contribution in [1.29, 1.82) is 0 Å². The van der Waals surface area contributed by atoms with Gasteiger partial charge in [-0.3, -0.25) is 0 Å². The van der Waals surface area contributed by atoms with Crippen LogP contribution in [0.5, 0.6) is 0 Å². The summed E-state index contributed by atoms with van der Waals surface area (Å²) in [6.45, 7) is 0. The van der Waals surface area contributed by atoms with Crippen LogP contribution < -0.4 is 0 Å². The van der Waals surface area contributed by atoms with Gasteiger partial charge in [0.25, 0.3) is 0 Å². The molecular weight excluding hydrogens is 576 g/mol. The summed E-state index contributed by atoms with van der Waals surface area (Å²) < 4.78 is 19.4. The topological polar surface area (TPSA) is 39.4 Å².